The number of fused-ring (bicyclic) bond motifs is 1. The maximum absolute atomic E-state index is 11.7. The Kier molecular flexibility index (Phi) is 3.53. The molecule has 3 aromatic rings. The number of rotatable bonds is 4. The van der Waals surface area contributed by atoms with Gasteiger partial charge in [-0.1, -0.05) is 11.6 Å². The highest BCUT2D eigenvalue weighted by Crippen LogP contribution is 2.22. The molecule has 20 heavy (non-hydrogen) atoms. The number of carbonyl (C=O) groups excluding carboxylic acids is 1. The van der Waals surface area contributed by atoms with Crippen LogP contribution in [0.2, 0.25) is 5.15 Å². The zero-order chi connectivity index (χ0) is 13.9. The minimum Gasteiger partial charge on any atom is -0.347 e. The minimum absolute atomic E-state index is 0.220. The summed E-state index contributed by atoms with van der Waals surface area (Å²) in [4.78, 5) is 23.6. The molecule has 3 rings (SSSR count). The molecular formula is C12H10ClN5OS. The molecule has 0 aliphatic carbocycles. The third-order valence-corrected chi connectivity index (χ3v) is 3.67. The Hall–Kier alpha value is -2.12. The van der Waals surface area contributed by atoms with E-state index in [1.54, 1.807) is 18.5 Å². The fourth-order valence-electron chi connectivity index (χ4n) is 1.70. The van der Waals surface area contributed by atoms with Gasteiger partial charge in [0.1, 0.15) is 5.82 Å². The zero-order valence-electron chi connectivity index (χ0n) is 10.2. The number of amides is 1. The lowest BCUT2D eigenvalue weighted by Crippen LogP contribution is -2.20. The molecule has 102 valence electrons. The number of carbonyl (C=O) groups is 1. The van der Waals surface area contributed by atoms with E-state index in [1.807, 2.05) is 16.0 Å². The molecule has 6 nitrogen and oxygen atoms in total. The standard InChI is InChI=1S/C12H10ClN5OS/c13-11-8(18-5-6-20-12(18)17-11)1-2-10(19)16-7-9-14-3-4-15-9/h1-6H,7H2,(H,14,15)(H,16,19). The number of nitrogens with one attached hydrogen (secondary N) is 2. The molecule has 0 unspecified atom stereocenters. The third kappa shape index (κ3) is 2.59. The van der Waals surface area contributed by atoms with Crippen molar-refractivity contribution in [2.45, 2.75) is 6.54 Å². The number of nitrogens with zero attached hydrogens (tertiary/aromatic N) is 3. The summed E-state index contributed by atoms with van der Waals surface area (Å²) in [5.41, 5.74) is 0.691. The van der Waals surface area contributed by atoms with Crippen molar-refractivity contribution in [2.75, 3.05) is 0 Å². The maximum atomic E-state index is 11.7. The lowest BCUT2D eigenvalue weighted by molar-refractivity contribution is -0.116. The fraction of sp³-hybridized carbons (Fsp3) is 0.0833. The molecule has 0 radical (unpaired) electrons. The van der Waals surface area contributed by atoms with Gasteiger partial charge in [0.25, 0.3) is 0 Å². The quantitative estimate of drug-likeness (QED) is 0.725. The molecule has 3 aromatic heterocycles. The molecular weight excluding hydrogens is 298 g/mol. The SMILES string of the molecule is O=C(C=Cc1c(Cl)nc2sccn12)NCc1ncc[nH]1. The monoisotopic (exact) mass is 307 g/mol. The number of hydrogen-bond acceptors (Lipinski definition) is 4. The van der Waals surface area contributed by atoms with Gasteiger partial charge in [-0.05, 0) is 6.08 Å². The van der Waals surface area contributed by atoms with Gasteiger partial charge in [-0.15, -0.1) is 11.3 Å². The predicted molar refractivity (Wildman–Crippen MR) is 77.5 cm³/mol. The molecule has 3 heterocycles. The van der Waals surface area contributed by atoms with Crippen LogP contribution in [0.5, 0.6) is 0 Å². The fourth-order valence-corrected chi connectivity index (χ4v) is 2.71. The number of hydrogen-bond donors (Lipinski definition) is 2. The molecule has 0 aliphatic heterocycles. The largest absolute Gasteiger partial charge is 0.347 e. The van der Waals surface area contributed by atoms with Crippen LogP contribution in [0.4, 0.5) is 0 Å². The van der Waals surface area contributed by atoms with E-state index in [4.69, 9.17) is 11.6 Å². The van der Waals surface area contributed by atoms with Crippen molar-refractivity contribution < 1.29 is 4.79 Å². The topological polar surface area (TPSA) is 75.1 Å². The van der Waals surface area contributed by atoms with E-state index in [0.717, 1.165) is 4.96 Å². The van der Waals surface area contributed by atoms with Crippen LogP contribution in [0.1, 0.15) is 11.5 Å². The van der Waals surface area contributed by atoms with Crippen molar-refractivity contribution in [3.63, 3.8) is 0 Å². The van der Waals surface area contributed by atoms with E-state index in [1.165, 1.54) is 17.4 Å². The first kappa shape index (κ1) is 12.9. The smallest absolute Gasteiger partial charge is 0.244 e. The molecule has 0 bridgehead atoms. The molecule has 0 spiro atoms. The molecule has 0 saturated carbocycles. The van der Waals surface area contributed by atoms with Crippen LogP contribution in [-0.4, -0.2) is 25.3 Å². The zero-order valence-corrected chi connectivity index (χ0v) is 11.8. The van der Waals surface area contributed by atoms with Gasteiger partial charge in [0, 0.05) is 30.0 Å². The summed E-state index contributed by atoms with van der Waals surface area (Å²) >= 11 is 7.51. The lowest BCUT2D eigenvalue weighted by atomic mass is 10.4. The first-order chi connectivity index (χ1) is 9.74. The minimum atomic E-state index is -0.220. The normalized spacial score (nSPS) is 11.4. The van der Waals surface area contributed by atoms with E-state index in [0.29, 0.717) is 23.2 Å². The van der Waals surface area contributed by atoms with E-state index in [2.05, 4.69) is 20.3 Å². The second-order valence-electron chi connectivity index (χ2n) is 3.93. The van der Waals surface area contributed by atoms with Crippen LogP contribution in [-0.2, 0) is 11.3 Å². The van der Waals surface area contributed by atoms with Crippen LogP contribution in [0, 0.1) is 0 Å². The number of H-pyrrole nitrogens is 1. The summed E-state index contributed by atoms with van der Waals surface area (Å²) in [5, 5.41) is 5.01. The van der Waals surface area contributed by atoms with E-state index < -0.39 is 0 Å². The van der Waals surface area contributed by atoms with Crippen molar-refractivity contribution in [1.82, 2.24) is 24.7 Å². The average molecular weight is 308 g/mol. The van der Waals surface area contributed by atoms with E-state index in [-0.39, 0.29) is 5.91 Å². The van der Waals surface area contributed by atoms with Crippen LogP contribution in [0.3, 0.4) is 0 Å². The molecule has 0 atom stereocenters. The van der Waals surface area contributed by atoms with Gasteiger partial charge in [0.05, 0.1) is 12.2 Å². The van der Waals surface area contributed by atoms with Gasteiger partial charge in [-0.2, -0.15) is 0 Å². The number of halogens is 1. The number of aromatic nitrogens is 4. The number of aromatic amines is 1. The second-order valence-corrected chi connectivity index (χ2v) is 5.16. The Morgan fingerprint density at radius 1 is 1.60 bits per heavy atom. The Balaban J connectivity index is 1.68. The number of imidazole rings is 2. The summed E-state index contributed by atoms with van der Waals surface area (Å²) in [6.07, 6.45) is 8.27. The average Bonchev–Trinajstić information content (AvgIpc) is 3.11. The second kappa shape index (κ2) is 5.48. The highest BCUT2D eigenvalue weighted by Gasteiger charge is 2.08. The third-order valence-electron chi connectivity index (χ3n) is 2.63. The van der Waals surface area contributed by atoms with Crippen molar-refractivity contribution in [2.24, 2.45) is 0 Å². The van der Waals surface area contributed by atoms with Crippen molar-refractivity contribution >= 4 is 39.9 Å². The lowest BCUT2D eigenvalue weighted by Gasteiger charge is -1.98. The highest BCUT2D eigenvalue weighted by atomic mass is 35.5. The molecule has 2 N–H and O–H groups in total. The number of thiazole rings is 1. The first-order valence-corrected chi connectivity index (χ1v) is 7.05. The molecule has 1 amide bonds. The van der Waals surface area contributed by atoms with Crippen molar-refractivity contribution in [1.29, 1.82) is 0 Å². The summed E-state index contributed by atoms with van der Waals surface area (Å²) in [7, 11) is 0. The van der Waals surface area contributed by atoms with Crippen LogP contribution in [0.25, 0.3) is 11.0 Å². The van der Waals surface area contributed by atoms with Crippen molar-refractivity contribution in [3.8, 4) is 0 Å². The molecule has 8 heteroatoms. The summed E-state index contributed by atoms with van der Waals surface area (Å²) in [5.74, 6) is 0.483. The summed E-state index contributed by atoms with van der Waals surface area (Å²) < 4.78 is 1.84. The van der Waals surface area contributed by atoms with Gasteiger partial charge in [-0.25, -0.2) is 9.97 Å². The Morgan fingerprint density at radius 2 is 2.50 bits per heavy atom. The van der Waals surface area contributed by atoms with Crippen LogP contribution >= 0.6 is 22.9 Å². The Bertz CT molecular complexity index is 758. The van der Waals surface area contributed by atoms with E-state index >= 15 is 0 Å². The molecule has 0 saturated heterocycles. The van der Waals surface area contributed by atoms with Gasteiger partial charge in [-0.3, -0.25) is 9.20 Å². The van der Waals surface area contributed by atoms with Crippen LogP contribution in [0.15, 0.2) is 30.0 Å². The van der Waals surface area contributed by atoms with Gasteiger partial charge < -0.3 is 10.3 Å². The molecule has 0 fully saturated rings. The predicted octanol–water partition coefficient (Wildman–Crippen LogP) is 2.10. The Labute approximate surface area is 123 Å². The van der Waals surface area contributed by atoms with Gasteiger partial charge in [0.15, 0.2) is 10.1 Å². The maximum Gasteiger partial charge on any atom is 0.244 e. The summed E-state index contributed by atoms with van der Waals surface area (Å²) in [6.45, 7) is 0.351. The molecule has 0 aromatic carbocycles. The summed E-state index contributed by atoms with van der Waals surface area (Å²) in [6, 6.07) is 0. The van der Waals surface area contributed by atoms with Gasteiger partial charge >= 0.3 is 0 Å². The molecule has 0 aliphatic rings. The Morgan fingerprint density at radius 3 is 3.30 bits per heavy atom. The van der Waals surface area contributed by atoms with Crippen molar-refractivity contribution in [3.05, 3.63) is 46.7 Å². The van der Waals surface area contributed by atoms with Gasteiger partial charge in [0.2, 0.25) is 5.91 Å². The van der Waals surface area contributed by atoms with E-state index in [9.17, 15) is 4.79 Å². The van der Waals surface area contributed by atoms with Crippen LogP contribution < -0.4 is 5.32 Å². The highest BCUT2D eigenvalue weighted by molar-refractivity contribution is 7.15. The first-order valence-electron chi connectivity index (χ1n) is 5.79.